The summed E-state index contributed by atoms with van der Waals surface area (Å²) in [6, 6.07) is 17.5. The molecule has 3 N–H and O–H groups in total. The van der Waals surface area contributed by atoms with Crippen molar-refractivity contribution in [3.05, 3.63) is 83.2 Å². The Balaban J connectivity index is 1.59. The fourth-order valence-electron chi connectivity index (χ4n) is 3.57. The van der Waals surface area contributed by atoms with E-state index in [9.17, 15) is 4.79 Å². The molecule has 0 saturated carbocycles. The number of nitrogens with one attached hydrogen (secondary N) is 1. The number of carbonyl (C=O) groups is 1. The number of nitrogens with zero attached hydrogens (tertiary/aromatic N) is 3. The molecule has 1 aromatic carbocycles. The zero-order valence-corrected chi connectivity index (χ0v) is 16.3. The first kappa shape index (κ1) is 19.1. The lowest BCUT2D eigenvalue weighted by Crippen LogP contribution is -2.29. The molecule has 0 bridgehead atoms. The van der Waals surface area contributed by atoms with Crippen LogP contribution in [0.1, 0.15) is 33.6 Å². The van der Waals surface area contributed by atoms with Crippen LogP contribution in [0.5, 0.6) is 0 Å². The standard InChI is InChI=1S/C23H25N5O/c24-23-19(15-18(16-26-23)14-17-6-2-1-3-7-17)22(29)20-8-4-9-21(27-20)28-12-5-10-25-11-13-28/h1-4,6-9,15-16,25H,5,10-14H2,(H2,24,26). The number of rotatable bonds is 5. The highest BCUT2D eigenvalue weighted by Gasteiger charge is 2.18. The van der Waals surface area contributed by atoms with Crippen molar-refractivity contribution in [1.82, 2.24) is 15.3 Å². The van der Waals surface area contributed by atoms with E-state index < -0.39 is 0 Å². The van der Waals surface area contributed by atoms with Gasteiger partial charge in [-0.3, -0.25) is 4.79 Å². The molecule has 0 aliphatic carbocycles. The molecular formula is C23H25N5O. The fourth-order valence-corrected chi connectivity index (χ4v) is 3.57. The Hall–Kier alpha value is -3.25. The number of anilines is 2. The smallest absolute Gasteiger partial charge is 0.215 e. The highest BCUT2D eigenvalue weighted by Crippen LogP contribution is 2.20. The van der Waals surface area contributed by atoms with Crippen molar-refractivity contribution < 1.29 is 4.79 Å². The van der Waals surface area contributed by atoms with Crippen molar-refractivity contribution >= 4 is 17.4 Å². The van der Waals surface area contributed by atoms with Crippen molar-refractivity contribution in [3.8, 4) is 0 Å². The van der Waals surface area contributed by atoms with Gasteiger partial charge in [0.05, 0.1) is 5.56 Å². The quantitative estimate of drug-likeness (QED) is 0.655. The van der Waals surface area contributed by atoms with Crippen molar-refractivity contribution in [3.63, 3.8) is 0 Å². The van der Waals surface area contributed by atoms with E-state index in [0.29, 0.717) is 17.7 Å². The number of carbonyl (C=O) groups excluding carboxylic acids is 1. The lowest BCUT2D eigenvalue weighted by Gasteiger charge is -2.21. The lowest BCUT2D eigenvalue weighted by molar-refractivity contribution is 0.103. The first-order valence-corrected chi connectivity index (χ1v) is 9.96. The molecule has 0 spiro atoms. The first-order chi connectivity index (χ1) is 14.2. The number of nitrogen functional groups attached to an aromatic ring is 1. The second-order valence-electron chi connectivity index (χ2n) is 7.24. The second-order valence-corrected chi connectivity index (χ2v) is 7.24. The molecule has 0 amide bonds. The average Bonchev–Trinajstić information content (AvgIpc) is 3.05. The van der Waals surface area contributed by atoms with Gasteiger partial charge < -0.3 is 16.0 Å². The summed E-state index contributed by atoms with van der Waals surface area (Å²) in [5.74, 6) is 0.865. The molecule has 3 aromatic rings. The van der Waals surface area contributed by atoms with E-state index in [4.69, 9.17) is 5.73 Å². The van der Waals surface area contributed by atoms with Gasteiger partial charge >= 0.3 is 0 Å². The second kappa shape index (κ2) is 8.84. The molecule has 3 heterocycles. The van der Waals surface area contributed by atoms with E-state index in [1.165, 1.54) is 0 Å². The summed E-state index contributed by atoms with van der Waals surface area (Å²) in [6.45, 7) is 3.72. The minimum absolute atomic E-state index is 0.195. The Morgan fingerprint density at radius 1 is 1.03 bits per heavy atom. The third kappa shape index (κ3) is 4.60. The Morgan fingerprint density at radius 3 is 2.76 bits per heavy atom. The summed E-state index contributed by atoms with van der Waals surface area (Å²) in [6.07, 6.45) is 3.48. The van der Waals surface area contributed by atoms with Crippen LogP contribution in [0.4, 0.5) is 11.6 Å². The van der Waals surface area contributed by atoms with Gasteiger partial charge in [0.25, 0.3) is 0 Å². The Bertz CT molecular complexity index is 982. The molecule has 2 aromatic heterocycles. The molecule has 148 valence electrons. The predicted molar refractivity (Wildman–Crippen MR) is 115 cm³/mol. The molecule has 0 unspecified atom stereocenters. The molecule has 29 heavy (non-hydrogen) atoms. The minimum Gasteiger partial charge on any atom is -0.383 e. The fraction of sp³-hybridized carbons (Fsp3) is 0.261. The highest BCUT2D eigenvalue weighted by molar-refractivity contribution is 6.10. The van der Waals surface area contributed by atoms with E-state index in [-0.39, 0.29) is 11.6 Å². The number of aromatic nitrogens is 2. The van der Waals surface area contributed by atoms with E-state index in [1.54, 1.807) is 12.3 Å². The van der Waals surface area contributed by atoms with E-state index in [1.807, 2.05) is 36.4 Å². The van der Waals surface area contributed by atoms with Crippen LogP contribution in [0.3, 0.4) is 0 Å². The van der Waals surface area contributed by atoms with Crippen LogP contribution in [-0.2, 0) is 6.42 Å². The van der Waals surface area contributed by atoms with Crippen LogP contribution >= 0.6 is 0 Å². The Kier molecular flexibility index (Phi) is 5.81. The molecule has 0 radical (unpaired) electrons. The monoisotopic (exact) mass is 387 g/mol. The van der Waals surface area contributed by atoms with Crippen molar-refractivity contribution in [2.75, 3.05) is 36.8 Å². The summed E-state index contributed by atoms with van der Waals surface area (Å²) in [7, 11) is 0. The maximum absolute atomic E-state index is 13.2. The SMILES string of the molecule is Nc1ncc(Cc2ccccc2)cc1C(=O)c1cccc(N2CCCNCC2)n1. The third-order valence-corrected chi connectivity index (χ3v) is 5.10. The topological polar surface area (TPSA) is 84.1 Å². The van der Waals surface area contributed by atoms with Gasteiger partial charge in [0, 0.05) is 25.8 Å². The molecule has 6 nitrogen and oxygen atoms in total. The van der Waals surface area contributed by atoms with Crippen LogP contribution in [0.2, 0.25) is 0 Å². The highest BCUT2D eigenvalue weighted by atomic mass is 16.1. The van der Waals surface area contributed by atoms with Gasteiger partial charge in [0.15, 0.2) is 0 Å². The van der Waals surface area contributed by atoms with E-state index >= 15 is 0 Å². The van der Waals surface area contributed by atoms with Gasteiger partial charge in [-0.05, 0) is 48.7 Å². The van der Waals surface area contributed by atoms with Crippen molar-refractivity contribution in [2.24, 2.45) is 0 Å². The number of nitrogens with two attached hydrogens (primary N) is 1. The van der Waals surface area contributed by atoms with Crippen molar-refractivity contribution in [2.45, 2.75) is 12.8 Å². The molecule has 1 fully saturated rings. The summed E-state index contributed by atoms with van der Waals surface area (Å²) < 4.78 is 0. The van der Waals surface area contributed by atoms with E-state index in [2.05, 4.69) is 32.3 Å². The van der Waals surface area contributed by atoms with Gasteiger partial charge in [0.1, 0.15) is 17.3 Å². The zero-order valence-electron chi connectivity index (χ0n) is 16.3. The number of hydrogen-bond acceptors (Lipinski definition) is 6. The summed E-state index contributed by atoms with van der Waals surface area (Å²) in [5, 5.41) is 3.38. The zero-order chi connectivity index (χ0) is 20.1. The maximum Gasteiger partial charge on any atom is 0.215 e. The third-order valence-electron chi connectivity index (χ3n) is 5.10. The summed E-state index contributed by atoms with van der Waals surface area (Å²) in [5.41, 5.74) is 8.95. The Morgan fingerprint density at radius 2 is 1.90 bits per heavy atom. The predicted octanol–water partition coefficient (Wildman–Crippen LogP) is 2.68. The number of ketones is 1. The molecule has 1 aliphatic rings. The van der Waals surface area contributed by atoms with E-state index in [0.717, 1.165) is 49.5 Å². The van der Waals surface area contributed by atoms with Crippen LogP contribution < -0.4 is 16.0 Å². The van der Waals surface area contributed by atoms with Gasteiger partial charge in [-0.25, -0.2) is 9.97 Å². The first-order valence-electron chi connectivity index (χ1n) is 9.96. The molecular weight excluding hydrogens is 362 g/mol. The number of pyridine rings is 2. The van der Waals surface area contributed by atoms with Crippen LogP contribution in [0, 0.1) is 0 Å². The van der Waals surface area contributed by atoms with Crippen LogP contribution in [-0.4, -0.2) is 41.9 Å². The van der Waals surface area contributed by atoms with Gasteiger partial charge in [-0.1, -0.05) is 36.4 Å². The Labute approximate surface area is 170 Å². The van der Waals surface area contributed by atoms with Gasteiger partial charge in [-0.2, -0.15) is 0 Å². The molecule has 1 saturated heterocycles. The average molecular weight is 387 g/mol. The normalized spacial score (nSPS) is 14.4. The molecule has 6 heteroatoms. The largest absolute Gasteiger partial charge is 0.383 e. The molecule has 1 aliphatic heterocycles. The molecule has 4 rings (SSSR count). The summed E-state index contributed by atoms with van der Waals surface area (Å²) in [4.78, 5) is 24.3. The number of benzene rings is 1. The maximum atomic E-state index is 13.2. The molecule has 0 atom stereocenters. The van der Waals surface area contributed by atoms with Crippen LogP contribution in [0.15, 0.2) is 60.8 Å². The number of hydrogen-bond donors (Lipinski definition) is 2. The van der Waals surface area contributed by atoms with Gasteiger partial charge in [0.2, 0.25) is 5.78 Å². The van der Waals surface area contributed by atoms with Crippen molar-refractivity contribution in [1.29, 1.82) is 0 Å². The lowest BCUT2D eigenvalue weighted by atomic mass is 10.0. The van der Waals surface area contributed by atoms with Gasteiger partial charge in [-0.15, -0.1) is 0 Å². The minimum atomic E-state index is -0.195. The summed E-state index contributed by atoms with van der Waals surface area (Å²) >= 11 is 0. The van der Waals surface area contributed by atoms with Crippen LogP contribution in [0.25, 0.3) is 0 Å².